The molecule has 0 aliphatic rings. The summed E-state index contributed by atoms with van der Waals surface area (Å²) in [7, 11) is 1.65. The lowest BCUT2D eigenvalue weighted by Crippen LogP contribution is -2.49. The third kappa shape index (κ3) is 9.37. The SMILES string of the molecule is CC(=N)N(C)CC(=O)NCCCC[C@H](NC(=O)C(N)Cc1ccc(O)cc1)C(=O)O. The molecule has 0 aromatic heterocycles. The van der Waals surface area contributed by atoms with Gasteiger partial charge in [0.15, 0.2) is 0 Å². The van der Waals surface area contributed by atoms with Crippen LogP contribution in [-0.4, -0.2) is 71.0 Å². The first-order valence-electron chi connectivity index (χ1n) is 9.69. The third-order valence-corrected chi connectivity index (χ3v) is 4.54. The van der Waals surface area contributed by atoms with E-state index in [4.69, 9.17) is 11.1 Å². The van der Waals surface area contributed by atoms with E-state index in [0.717, 1.165) is 5.56 Å². The summed E-state index contributed by atoms with van der Waals surface area (Å²) in [4.78, 5) is 36.9. The number of phenols is 1. The molecule has 1 rings (SSSR count). The molecule has 0 aliphatic heterocycles. The molecule has 0 saturated carbocycles. The highest BCUT2D eigenvalue weighted by atomic mass is 16.4. The summed E-state index contributed by atoms with van der Waals surface area (Å²) in [6.45, 7) is 2.05. The molecule has 0 spiro atoms. The lowest BCUT2D eigenvalue weighted by Gasteiger charge is -2.18. The van der Waals surface area contributed by atoms with E-state index in [1.807, 2.05) is 0 Å². The van der Waals surface area contributed by atoms with Gasteiger partial charge in [-0.25, -0.2) is 4.79 Å². The van der Waals surface area contributed by atoms with E-state index in [9.17, 15) is 24.6 Å². The van der Waals surface area contributed by atoms with Gasteiger partial charge in [0.2, 0.25) is 11.8 Å². The maximum atomic E-state index is 12.2. The van der Waals surface area contributed by atoms with Gasteiger partial charge in [0.25, 0.3) is 0 Å². The summed E-state index contributed by atoms with van der Waals surface area (Å²) >= 11 is 0. The standard InChI is InChI=1S/C20H31N5O5/c1-13(21)25(2)12-18(27)23-10-4-3-5-17(20(29)30)24-19(28)16(22)11-14-6-8-15(26)9-7-14/h6-9,16-17,21,26H,3-5,10-12,22H2,1-2H3,(H,23,27)(H,24,28)(H,29,30)/t16?,17-/m0/s1. The van der Waals surface area contributed by atoms with Crippen LogP contribution in [0.25, 0.3) is 0 Å². The Morgan fingerprint density at radius 1 is 1.20 bits per heavy atom. The minimum atomic E-state index is -1.15. The summed E-state index contributed by atoms with van der Waals surface area (Å²) < 4.78 is 0. The summed E-state index contributed by atoms with van der Waals surface area (Å²) in [5, 5.41) is 31.2. The fraction of sp³-hybridized carbons (Fsp3) is 0.500. The molecular formula is C20H31N5O5. The minimum Gasteiger partial charge on any atom is -0.508 e. The first-order chi connectivity index (χ1) is 14.1. The number of nitrogens with one attached hydrogen (secondary N) is 3. The van der Waals surface area contributed by atoms with Crippen LogP contribution >= 0.6 is 0 Å². The second-order valence-corrected chi connectivity index (χ2v) is 7.16. The van der Waals surface area contributed by atoms with Crippen LogP contribution in [0.3, 0.4) is 0 Å². The van der Waals surface area contributed by atoms with Gasteiger partial charge in [-0.05, 0) is 50.3 Å². The molecule has 0 heterocycles. The van der Waals surface area contributed by atoms with Gasteiger partial charge in [0.1, 0.15) is 11.8 Å². The normalized spacial score (nSPS) is 12.5. The van der Waals surface area contributed by atoms with E-state index in [2.05, 4.69) is 10.6 Å². The van der Waals surface area contributed by atoms with E-state index in [0.29, 0.717) is 19.4 Å². The van der Waals surface area contributed by atoms with Crippen molar-refractivity contribution in [1.82, 2.24) is 15.5 Å². The number of nitrogens with two attached hydrogens (primary N) is 1. The number of carbonyl (C=O) groups excluding carboxylic acids is 2. The van der Waals surface area contributed by atoms with Crippen LogP contribution in [-0.2, 0) is 20.8 Å². The van der Waals surface area contributed by atoms with Crippen molar-refractivity contribution in [3.05, 3.63) is 29.8 Å². The lowest BCUT2D eigenvalue weighted by atomic mass is 10.0. The zero-order valence-corrected chi connectivity index (χ0v) is 17.4. The summed E-state index contributed by atoms with van der Waals surface area (Å²) in [6.07, 6.45) is 1.47. The number of phenolic OH excluding ortho intramolecular Hbond substituents is 1. The molecule has 10 nitrogen and oxygen atoms in total. The predicted octanol–water partition coefficient (Wildman–Crippen LogP) is 0.0469. The smallest absolute Gasteiger partial charge is 0.326 e. The maximum absolute atomic E-state index is 12.2. The van der Waals surface area contributed by atoms with E-state index in [-0.39, 0.29) is 36.9 Å². The van der Waals surface area contributed by atoms with Crippen LogP contribution in [0.2, 0.25) is 0 Å². The average molecular weight is 421 g/mol. The first kappa shape index (κ1) is 24.9. The highest BCUT2D eigenvalue weighted by Crippen LogP contribution is 2.11. The van der Waals surface area contributed by atoms with Gasteiger partial charge in [-0.15, -0.1) is 0 Å². The Morgan fingerprint density at radius 2 is 1.83 bits per heavy atom. The monoisotopic (exact) mass is 421 g/mol. The number of carboxylic acid groups (broad SMARTS) is 1. The van der Waals surface area contributed by atoms with Crippen LogP contribution in [0.15, 0.2) is 24.3 Å². The number of rotatable bonds is 12. The van der Waals surface area contributed by atoms with E-state index in [1.54, 1.807) is 26.1 Å². The second-order valence-electron chi connectivity index (χ2n) is 7.16. The molecule has 0 radical (unpaired) electrons. The second kappa shape index (κ2) is 12.4. The van der Waals surface area contributed by atoms with Crippen molar-refractivity contribution in [1.29, 1.82) is 5.41 Å². The molecule has 2 amide bonds. The molecule has 7 N–H and O–H groups in total. The molecule has 1 aromatic carbocycles. The van der Waals surface area contributed by atoms with Crippen LogP contribution < -0.4 is 16.4 Å². The highest BCUT2D eigenvalue weighted by Gasteiger charge is 2.23. The van der Waals surface area contributed by atoms with Crippen molar-refractivity contribution >= 4 is 23.6 Å². The van der Waals surface area contributed by atoms with Gasteiger partial charge in [-0.1, -0.05) is 12.1 Å². The van der Waals surface area contributed by atoms with Crippen LogP contribution in [0, 0.1) is 5.41 Å². The Labute approximate surface area is 175 Å². The molecule has 2 atom stereocenters. The van der Waals surface area contributed by atoms with Gasteiger partial charge in [-0.2, -0.15) is 0 Å². The largest absolute Gasteiger partial charge is 0.508 e. The highest BCUT2D eigenvalue weighted by molar-refractivity contribution is 5.87. The number of likely N-dealkylation sites (N-methyl/N-ethyl adjacent to an activating group) is 1. The van der Waals surface area contributed by atoms with Gasteiger partial charge in [0.05, 0.1) is 18.4 Å². The molecule has 0 saturated heterocycles. The van der Waals surface area contributed by atoms with Crippen LogP contribution in [0.4, 0.5) is 0 Å². The average Bonchev–Trinajstić information content (AvgIpc) is 2.67. The van der Waals surface area contributed by atoms with E-state index in [1.165, 1.54) is 17.0 Å². The molecule has 0 bridgehead atoms. The number of benzene rings is 1. The van der Waals surface area contributed by atoms with Crippen molar-refractivity contribution in [2.24, 2.45) is 5.73 Å². The summed E-state index contributed by atoms with van der Waals surface area (Å²) in [5.41, 5.74) is 6.62. The Bertz CT molecular complexity index is 738. The minimum absolute atomic E-state index is 0.0854. The number of aromatic hydroxyl groups is 1. The lowest BCUT2D eigenvalue weighted by molar-refractivity contribution is -0.142. The maximum Gasteiger partial charge on any atom is 0.326 e. The fourth-order valence-corrected chi connectivity index (χ4v) is 2.61. The number of carbonyl (C=O) groups is 3. The Balaban J connectivity index is 2.37. The predicted molar refractivity (Wildman–Crippen MR) is 112 cm³/mol. The number of amidine groups is 1. The molecule has 0 fully saturated rings. The third-order valence-electron chi connectivity index (χ3n) is 4.54. The molecular weight excluding hydrogens is 390 g/mol. The molecule has 1 unspecified atom stereocenters. The van der Waals surface area contributed by atoms with Crippen molar-refractivity contribution in [2.45, 2.75) is 44.7 Å². The van der Waals surface area contributed by atoms with Gasteiger partial charge >= 0.3 is 5.97 Å². The number of hydrogen-bond donors (Lipinski definition) is 6. The van der Waals surface area contributed by atoms with E-state index >= 15 is 0 Å². The molecule has 10 heteroatoms. The Kier molecular flexibility index (Phi) is 10.3. The number of amides is 2. The Hall–Kier alpha value is -3.14. The van der Waals surface area contributed by atoms with Crippen molar-refractivity contribution in [3.63, 3.8) is 0 Å². The van der Waals surface area contributed by atoms with Crippen molar-refractivity contribution in [2.75, 3.05) is 20.1 Å². The van der Waals surface area contributed by atoms with Gasteiger partial charge < -0.3 is 31.5 Å². The quantitative estimate of drug-likeness (QED) is 0.157. The first-order valence-corrected chi connectivity index (χ1v) is 9.69. The Morgan fingerprint density at radius 3 is 2.40 bits per heavy atom. The molecule has 0 aliphatic carbocycles. The molecule has 1 aromatic rings. The molecule has 30 heavy (non-hydrogen) atoms. The van der Waals surface area contributed by atoms with Crippen LogP contribution in [0.5, 0.6) is 5.75 Å². The van der Waals surface area contributed by atoms with Gasteiger partial charge in [0, 0.05) is 13.6 Å². The van der Waals surface area contributed by atoms with Gasteiger partial charge in [-0.3, -0.25) is 15.0 Å². The fourth-order valence-electron chi connectivity index (χ4n) is 2.61. The number of carboxylic acids is 1. The van der Waals surface area contributed by atoms with Crippen LogP contribution in [0.1, 0.15) is 31.7 Å². The van der Waals surface area contributed by atoms with Crippen molar-refractivity contribution < 1.29 is 24.6 Å². The number of aliphatic carboxylic acids is 1. The zero-order valence-electron chi connectivity index (χ0n) is 17.4. The summed E-state index contributed by atoms with van der Waals surface area (Å²) in [6, 6.07) is 4.29. The molecule has 166 valence electrons. The number of nitrogens with zero attached hydrogens (tertiary/aromatic N) is 1. The van der Waals surface area contributed by atoms with E-state index < -0.39 is 24.0 Å². The summed E-state index contributed by atoms with van der Waals surface area (Å²) in [5.74, 6) is -1.53. The number of unbranched alkanes of at least 4 members (excludes halogenated alkanes) is 1. The topological polar surface area (TPSA) is 169 Å². The number of hydrogen-bond acceptors (Lipinski definition) is 6. The van der Waals surface area contributed by atoms with Crippen molar-refractivity contribution in [3.8, 4) is 5.75 Å². The zero-order chi connectivity index (χ0) is 22.7.